The molecule has 0 aromatic heterocycles. The van der Waals surface area contributed by atoms with Crippen LogP contribution in [0.25, 0.3) is 0 Å². The van der Waals surface area contributed by atoms with E-state index in [-0.39, 0.29) is 18.7 Å². The quantitative estimate of drug-likeness (QED) is 0.904. The summed E-state index contributed by atoms with van der Waals surface area (Å²) in [6, 6.07) is 9.65. The van der Waals surface area contributed by atoms with Crippen LogP contribution in [0.1, 0.15) is 18.4 Å². The first kappa shape index (κ1) is 16.3. The number of hydrogen-bond donors (Lipinski definition) is 1. The molecule has 1 N–H and O–H groups in total. The van der Waals surface area contributed by atoms with Crippen LogP contribution in [0.5, 0.6) is 0 Å². The molecular formula is C16H22N2O4S. The second kappa shape index (κ2) is 6.49. The zero-order valence-electron chi connectivity index (χ0n) is 13.1. The van der Waals surface area contributed by atoms with Crippen molar-refractivity contribution in [2.45, 2.75) is 25.5 Å². The average molecular weight is 338 g/mol. The number of carbonyl (C=O) groups excluding carboxylic acids is 1. The molecule has 0 bridgehead atoms. The Bertz CT molecular complexity index is 648. The van der Waals surface area contributed by atoms with Crippen molar-refractivity contribution in [2.24, 2.45) is 11.8 Å². The van der Waals surface area contributed by atoms with E-state index in [1.165, 1.54) is 6.26 Å². The van der Waals surface area contributed by atoms with Gasteiger partial charge in [-0.05, 0) is 30.2 Å². The average Bonchev–Trinajstić information content (AvgIpc) is 3.20. The van der Waals surface area contributed by atoms with Crippen molar-refractivity contribution in [1.29, 1.82) is 0 Å². The fourth-order valence-electron chi connectivity index (χ4n) is 3.37. The minimum atomic E-state index is -3.16. The first-order valence-corrected chi connectivity index (χ1v) is 9.76. The Morgan fingerprint density at radius 2 is 1.83 bits per heavy atom. The van der Waals surface area contributed by atoms with Crippen molar-refractivity contribution < 1.29 is 17.9 Å². The van der Waals surface area contributed by atoms with Gasteiger partial charge in [0.2, 0.25) is 10.0 Å². The number of sulfonamides is 1. The van der Waals surface area contributed by atoms with Gasteiger partial charge in [-0.1, -0.05) is 30.3 Å². The molecule has 6 nitrogen and oxygen atoms in total. The zero-order valence-corrected chi connectivity index (χ0v) is 14.0. The van der Waals surface area contributed by atoms with Gasteiger partial charge in [0, 0.05) is 19.1 Å². The molecule has 1 saturated heterocycles. The normalized spacial score (nSPS) is 27.0. The molecule has 1 aliphatic heterocycles. The van der Waals surface area contributed by atoms with Crippen molar-refractivity contribution in [1.82, 2.24) is 9.62 Å². The molecule has 1 heterocycles. The van der Waals surface area contributed by atoms with Crippen LogP contribution in [-0.2, 0) is 21.4 Å². The van der Waals surface area contributed by atoms with Gasteiger partial charge in [0.1, 0.15) is 6.61 Å². The standard InChI is InChI=1S/C16H22N2O4S/c1-23(20,21)17-15-13-7-9-18(10-8-14(13)15)16(19)22-11-12-5-3-2-4-6-12/h2-6,13-15,17H,7-11H2,1H3/t13-,14+,15-. The van der Waals surface area contributed by atoms with Crippen LogP contribution in [0.3, 0.4) is 0 Å². The summed E-state index contributed by atoms with van der Waals surface area (Å²) < 4.78 is 30.7. The highest BCUT2D eigenvalue weighted by molar-refractivity contribution is 7.88. The minimum absolute atomic E-state index is 0.0486. The van der Waals surface area contributed by atoms with E-state index >= 15 is 0 Å². The molecule has 1 aliphatic carbocycles. The Kier molecular flexibility index (Phi) is 4.59. The van der Waals surface area contributed by atoms with Crippen molar-refractivity contribution in [3.8, 4) is 0 Å². The zero-order chi connectivity index (χ0) is 16.4. The molecule has 2 fully saturated rings. The molecule has 0 unspecified atom stereocenters. The lowest BCUT2D eigenvalue weighted by Gasteiger charge is -2.21. The lowest BCUT2D eigenvalue weighted by Crippen LogP contribution is -2.35. The van der Waals surface area contributed by atoms with Crippen LogP contribution in [0.15, 0.2) is 30.3 Å². The van der Waals surface area contributed by atoms with E-state index < -0.39 is 10.0 Å². The van der Waals surface area contributed by atoms with E-state index in [1.807, 2.05) is 30.3 Å². The summed E-state index contributed by atoms with van der Waals surface area (Å²) >= 11 is 0. The Labute approximate surface area is 136 Å². The summed E-state index contributed by atoms with van der Waals surface area (Å²) in [5.74, 6) is 0.688. The summed E-state index contributed by atoms with van der Waals surface area (Å²) in [6.45, 7) is 1.52. The molecule has 2 aliphatic rings. The molecule has 126 valence electrons. The summed E-state index contributed by atoms with van der Waals surface area (Å²) in [5.41, 5.74) is 0.968. The lowest BCUT2D eigenvalue weighted by atomic mass is 10.2. The highest BCUT2D eigenvalue weighted by Crippen LogP contribution is 2.46. The van der Waals surface area contributed by atoms with Crippen LogP contribution in [-0.4, -0.2) is 44.8 Å². The predicted octanol–water partition coefficient (Wildman–Crippen LogP) is 1.58. The molecule has 23 heavy (non-hydrogen) atoms. The first-order chi connectivity index (χ1) is 10.9. The first-order valence-electron chi connectivity index (χ1n) is 7.87. The number of amides is 1. The van der Waals surface area contributed by atoms with E-state index in [0.717, 1.165) is 18.4 Å². The molecule has 0 radical (unpaired) electrons. The fraction of sp³-hybridized carbons (Fsp3) is 0.562. The van der Waals surface area contributed by atoms with E-state index in [4.69, 9.17) is 4.74 Å². The summed E-state index contributed by atoms with van der Waals surface area (Å²) in [7, 11) is -3.16. The molecule has 3 rings (SSSR count). The van der Waals surface area contributed by atoms with Crippen LogP contribution < -0.4 is 4.72 Å². The van der Waals surface area contributed by atoms with Gasteiger partial charge in [-0.2, -0.15) is 0 Å². The maximum atomic E-state index is 12.1. The second-order valence-corrected chi connectivity index (χ2v) is 8.13. The maximum absolute atomic E-state index is 12.1. The van der Waals surface area contributed by atoms with Gasteiger partial charge in [-0.3, -0.25) is 0 Å². The third-order valence-electron chi connectivity index (χ3n) is 4.61. The topological polar surface area (TPSA) is 75.7 Å². The summed E-state index contributed by atoms with van der Waals surface area (Å²) in [5, 5.41) is 0. The van der Waals surface area contributed by atoms with Crippen molar-refractivity contribution in [3.63, 3.8) is 0 Å². The number of fused-ring (bicyclic) bond motifs is 1. The number of carbonyl (C=O) groups is 1. The van der Waals surface area contributed by atoms with Gasteiger partial charge < -0.3 is 9.64 Å². The largest absolute Gasteiger partial charge is 0.445 e. The Hall–Kier alpha value is -1.60. The van der Waals surface area contributed by atoms with Gasteiger partial charge in [0.05, 0.1) is 6.26 Å². The molecule has 3 atom stereocenters. The number of likely N-dealkylation sites (tertiary alicyclic amines) is 1. The molecule has 0 spiro atoms. The van der Waals surface area contributed by atoms with Gasteiger partial charge in [-0.15, -0.1) is 0 Å². The SMILES string of the molecule is CS(=O)(=O)N[C@@H]1[C@@H]2CCN(C(=O)OCc3ccccc3)CC[C@@H]21. The van der Waals surface area contributed by atoms with Crippen molar-refractivity contribution in [3.05, 3.63) is 35.9 Å². The van der Waals surface area contributed by atoms with Crippen LogP contribution in [0.4, 0.5) is 4.79 Å². The van der Waals surface area contributed by atoms with Gasteiger partial charge in [0.15, 0.2) is 0 Å². The van der Waals surface area contributed by atoms with Crippen LogP contribution in [0.2, 0.25) is 0 Å². The highest BCUT2D eigenvalue weighted by atomic mass is 32.2. The number of benzene rings is 1. The lowest BCUT2D eigenvalue weighted by molar-refractivity contribution is 0.0961. The molecule has 7 heteroatoms. The predicted molar refractivity (Wildman–Crippen MR) is 86.2 cm³/mol. The van der Waals surface area contributed by atoms with Gasteiger partial charge >= 0.3 is 6.09 Å². The molecule has 1 aromatic rings. The molecular weight excluding hydrogens is 316 g/mol. The maximum Gasteiger partial charge on any atom is 0.410 e. The van der Waals surface area contributed by atoms with Crippen molar-refractivity contribution >= 4 is 16.1 Å². The number of hydrogen-bond acceptors (Lipinski definition) is 4. The number of ether oxygens (including phenoxy) is 1. The van der Waals surface area contributed by atoms with E-state index in [1.54, 1.807) is 4.90 Å². The highest BCUT2D eigenvalue weighted by Gasteiger charge is 2.52. The van der Waals surface area contributed by atoms with Crippen LogP contribution in [0, 0.1) is 11.8 Å². The number of rotatable bonds is 4. The number of nitrogens with zero attached hydrogens (tertiary/aromatic N) is 1. The number of nitrogens with one attached hydrogen (secondary N) is 1. The summed E-state index contributed by atoms with van der Waals surface area (Å²) in [6.07, 6.45) is 2.54. The fourth-order valence-corrected chi connectivity index (χ4v) is 4.21. The van der Waals surface area contributed by atoms with Gasteiger partial charge in [0.25, 0.3) is 0 Å². The summed E-state index contributed by atoms with van der Waals surface area (Å²) in [4.78, 5) is 13.9. The third kappa shape index (κ3) is 4.23. The Morgan fingerprint density at radius 3 is 2.39 bits per heavy atom. The van der Waals surface area contributed by atoms with E-state index in [0.29, 0.717) is 24.9 Å². The van der Waals surface area contributed by atoms with E-state index in [9.17, 15) is 13.2 Å². The van der Waals surface area contributed by atoms with Crippen molar-refractivity contribution in [2.75, 3.05) is 19.3 Å². The third-order valence-corrected chi connectivity index (χ3v) is 5.31. The Balaban J connectivity index is 1.46. The molecule has 1 amide bonds. The smallest absolute Gasteiger partial charge is 0.410 e. The minimum Gasteiger partial charge on any atom is -0.445 e. The molecule has 1 aromatic carbocycles. The monoisotopic (exact) mass is 338 g/mol. The molecule has 1 saturated carbocycles. The second-order valence-electron chi connectivity index (χ2n) is 6.35. The Morgan fingerprint density at radius 1 is 1.22 bits per heavy atom. The van der Waals surface area contributed by atoms with Crippen LogP contribution >= 0.6 is 0 Å². The van der Waals surface area contributed by atoms with Gasteiger partial charge in [-0.25, -0.2) is 17.9 Å². The van der Waals surface area contributed by atoms with E-state index in [2.05, 4.69) is 4.72 Å².